The van der Waals surface area contributed by atoms with Gasteiger partial charge in [-0.15, -0.1) is 0 Å². The molecule has 9 nitrogen and oxygen atoms in total. The van der Waals surface area contributed by atoms with Gasteiger partial charge in [0.1, 0.15) is 11.3 Å². The molecule has 2 aromatic carbocycles. The van der Waals surface area contributed by atoms with Crippen LogP contribution in [-0.4, -0.2) is 44.8 Å². The van der Waals surface area contributed by atoms with E-state index in [9.17, 15) is 14.4 Å². The summed E-state index contributed by atoms with van der Waals surface area (Å²) in [4.78, 5) is 36.0. The number of ether oxygens (including phenoxy) is 4. The molecule has 0 bridgehead atoms. The largest absolute Gasteiger partial charge is 0.496 e. The van der Waals surface area contributed by atoms with Crippen molar-refractivity contribution in [1.82, 2.24) is 5.32 Å². The Morgan fingerprint density at radius 3 is 2.30 bits per heavy atom. The topological polar surface area (TPSA) is 112 Å². The molecule has 3 amide bonds. The lowest BCUT2D eigenvalue weighted by molar-refractivity contribution is -0.123. The fourth-order valence-electron chi connectivity index (χ4n) is 2.48. The van der Waals surface area contributed by atoms with Gasteiger partial charge in [0, 0.05) is 11.8 Å². The van der Waals surface area contributed by atoms with E-state index in [0.717, 1.165) is 0 Å². The van der Waals surface area contributed by atoms with Gasteiger partial charge in [-0.25, -0.2) is 9.59 Å². The summed E-state index contributed by atoms with van der Waals surface area (Å²) in [5, 5.41) is 4.60. The number of methoxy groups -OCH3 is 1. The molecule has 0 aliphatic carbocycles. The highest BCUT2D eigenvalue weighted by atomic mass is 16.5. The third kappa shape index (κ3) is 6.40. The van der Waals surface area contributed by atoms with Gasteiger partial charge in [0.15, 0.2) is 18.1 Å². The normalized spacial score (nSPS) is 9.97. The van der Waals surface area contributed by atoms with Crippen LogP contribution in [0.3, 0.4) is 0 Å². The highest BCUT2D eigenvalue weighted by molar-refractivity contribution is 6.02. The smallest absolute Gasteiger partial charge is 0.342 e. The molecule has 2 N–H and O–H groups in total. The zero-order chi connectivity index (χ0) is 21.9. The first-order valence-electron chi connectivity index (χ1n) is 9.29. The van der Waals surface area contributed by atoms with Crippen molar-refractivity contribution < 1.29 is 33.3 Å². The van der Waals surface area contributed by atoms with E-state index in [1.165, 1.54) is 13.2 Å². The molecule has 9 heteroatoms. The maximum atomic E-state index is 12.1. The Hall–Kier alpha value is -3.75. The number of nitrogens with one attached hydrogen (secondary N) is 2. The van der Waals surface area contributed by atoms with E-state index in [0.29, 0.717) is 36.1 Å². The Morgan fingerprint density at radius 2 is 1.60 bits per heavy atom. The monoisotopic (exact) mass is 416 g/mol. The molecule has 0 unspecified atom stereocenters. The van der Waals surface area contributed by atoms with Crippen LogP contribution in [-0.2, 0) is 9.53 Å². The molecule has 2 aromatic rings. The number of rotatable bonds is 9. The predicted molar refractivity (Wildman–Crippen MR) is 109 cm³/mol. The van der Waals surface area contributed by atoms with Gasteiger partial charge in [0.05, 0.1) is 20.3 Å². The van der Waals surface area contributed by atoms with Crippen molar-refractivity contribution in [3.63, 3.8) is 0 Å². The third-order valence-electron chi connectivity index (χ3n) is 3.72. The van der Waals surface area contributed by atoms with Gasteiger partial charge < -0.3 is 24.3 Å². The number of para-hydroxylation sites is 1. The highest BCUT2D eigenvalue weighted by Crippen LogP contribution is 2.30. The second kappa shape index (κ2) is 11.3. The van der Waals surface area contributed by atoms with Crippen LogP contribution in [0.1, 0.15) is 24.2 Å². The molecule has 0 aliphatic heterocycles. The molecule has 0 radical (unpaired) electrons. The van der Waals surface area contributed by atoms with Gasteiger partial charge in [0.25, 0.3) is 5.91 Å². The summed E-state index contributed by atoms with van der Waals surface area (Å²) in [6.07, 6.45) is 0. The maximum absolute atomic E-state index is 12.1. The lowest BCUT2D eigenvalue weighted by Crippen LogP contribution is -2.37. The number of carbonyl (C=O) groups excluding carboxylic acids is 3. The number of anilines is 1. The van der Waals surface area contributed by atoms with Crippen LogP contribution in [0.2, 0.25) is 0 Å². The summed E-state index contributed by atoms with van der Waals surface area (Å²) >= 11 is 0. The highest BCUT2D eigenvalue weighted by Gasteiger charge is 2.16. The van der Waals surface area contributed by atoms with E-state index in [2.05, 4.69) is 10.6 Å². The summed E-state index contributed by atoms with van der Waals surface area (Å²) in [6, 6.07) is 10.5. The molecule has 0 atom stereocenters. The van der Waals surface area contributed by atoms with Crippen LogP contribution in [0, 0.1) is 0 Å². The molecular weight excluding hydrogens is 392 g/mol. The fourth-order valence-corrected chi connectivity index (χ4v) is 2.48. The maximum Gasteiger partial charge on any atom is 0.342 e. The number of amides is 3. The minimum atomic E-state index is -0.785. The number of esters is 1. The Balaban J connectivity index is 1.89. The van der Waals surface area contributed by atoms with Gasteiger partial charge in [0.2, 0.25) is 0 Å². The van der Waals surface area contributed by atoms with Gasteiger partial charge in [-0.2, -0.15) is 0 Å². The Morgan fingerprint density at radius 1 is 0.900 bits per heavy atom. The number of carbonyl (C=O) groups is 3. The van der Waals surface area contributed by atoms with Crippen LogP contribution in [0.5, 0.6) is 17.2 Å². The van der Waals surface area contributed by atoms with Gasteiger partial charge in [-0.05, 0) is 38.1 Å². The second-order valence-electron chi connectivity index (χ2n) is 5.81. The van der Waals surface area contributed by atoms with Crippen molar-refractivity contribution in [2.24, 2.45) is 0 Å². The van der Waals surface area contributed by atoms with Gasteiger partial charge in [-0.1, -0.05) is 12.1 Å². The van der Waals surface area contributed by atoms with Crippen LogP contribution in [0.15, 0.2) is 42.5 Å². The lowest BCUT2D eigenvalue weighted by Gasteiger charge is -2.13. The summed E-state index contributed by atoms with van der Waals surface area (Å²) in [6.45, 7) is 3.94. The molecule has 0 heterocycles. The summed E-state index contributed by atoms with van der Waals surface area (Å²) < 4.78 is 20.9. The molecule has 30 heavy (non-hydrogen) atoms. The Bertz CT molecular complexity index is 899. The standard InChI is InChI=1S/C21H24N2O7/c1-4-28-17-11-10-14(12-18(17)29-5-2)22-21(26)23-19(24)13-30-20(25)15-8-6-7-9-16(15)27-3/h6-12H,4-5,13H2,1-3H3,(H2,22,23,24,26). The van der Waals surface area contributed by atoms with Crippen LogP contribution < -0.4 is 24.8 Å². The average Bonchev–Trinajstić information content (AvgIpc) is 2.74. The Labute approximate surface area is 174 Å². The fraction of sp³-hybridized carbons (Fsp3) is 0.286. The molecule has 2 rings (SSSR count). The van der Waals surface area contributed by atoms with Crippen LogP contribution in [0.25, 0.3) is 0 Å². The zero-order valence-electron chi connectivity index (χ0n) is 17.0. The van der Waals surface area contributed by atoms with Crippen molar-refractivity contribution in [1.29, 1.82) is 0 Å². The first kappa shape index (κ1) is 22.5. The molecule has 0 aromatic heterocycles. The molecule has 0 saturated carbocycles. The lowest BCUT2D eigenvalue weighted by atomic mass is 10.2. The van der Waals surface area contributed by atoms with Crippen molar-refractivity contribution in [3.8, 4) is 17.2 Å². The van der Waals surface area contributed by atoms with E-state index in [4.69, 9.17) is 18.9 Å². The van der Waals surface area contributed by atoms with Crippen LogP contribution in [0.4, 0.5) is 10.5 Å². The Kier molecular flexibility index (Phi) is 8.49. The quantitative estimate of drug-likeness (QED) is 0.604. The predicted octanol–water partition coefficient (Wildman–Crippen LogP) is 3.00. The molecule has 160 valence electrons. The molecular formula is C21H24N2O7. The van der Waals surface area contributed by atoms with Crippen molar-refractivity contribution in [2.75, 3.05) is 32.2 Å². The number of benzene rings is 2. The van der Waals surface area contributed by atoms with Crippen molar-refractivity contribution >= 4 is 23.6 Å². The molecule has 0 aliphatic rings. The SMILES string of the molecule is CCOc1ccc(NC(=O)NC(=O)COC(=O)c2ccccc2OC)cc1OCC. The number of urea groups is 1. The molecule has 0 spiro atoms. The zero-order valence-corrected chi connectivity index (χ0v) is 17.0. The summed E-state index contributed by atoms with van der Waals surface area (Å²) in [7, 11) is 1.42. The average molecular weight is 416 g/mol. The number of hydrogen-bond acceptors (Lipinski definition) is 7. The van der Waals surface area contributed by atoms with E-state index < -0.39 is 24.5 Å². The molecule has 0 fully saturated rings. The second-order valence-corrected chi connectivity index (χ2v) is 5.81. The van der Waals surface area contributed by atoms with Gasteiger partial charge in [-0.3, -0.25) is 10.1 Å². The molecule has 0 saturated heterocycles. The summed E-state index contributed by atoms with van der Waals surface area (Å²) in [5.74, 6) is -0.192. The van der Waals surface area contributed by atoms with E-state index >= 15 is 0 Å². The van der Waals surface area contributed by atoms with E-state index in [-0.39, 0.29) is 5.56 Å². The van der Waals surface area contributed by atoms with Crippen LogP contribution >= 0.6 is 0 Å². The first-order chi connectivity index (χ1) is 14.5. The number of hydrogen-bond donors (Lipinski definition) is 2. The van der Waals surface area contributed by atoms with Crippen molar-refractivity contribution in [3.05, 3.63) is 48.0 Å². The summed E-state index contributed by atoms with van der Waals surface area (Å²) in [5.41, 5.74) is 0.577. The number of imide groups is 1. The minimum Gasteiger partial charge on any atom is -0.496 e. The van der Waals surface area contributed by atoms with Gasteiger partial charge >= 0.3 is 12.0 Å². The minimum absolute atomic E-state index is 0.176. The first-order valence-corrected chi connectivity index (χ1v) is 9.29. The van der Waals surface area contributed by atoms with Crippen molar-refractivity contribution in [2.45, 2.75) is 13.8 Å². The third-order valence-corrected chi connectivity index (χ3v) is 3.72. The van der Waals surface area contributed by atoms with E-state index in [1.807, 2.05) is 13.8 Å². The van der Waals surface area contributed by atoms with E-state index in [1.54, 1.807) is 36.4 Å².